The number of hydrogen-bond acceptors (Lipinski definition) is 11. The number of hydrogen-bond donors (Lipinski definition) is 3. The van der Waals surface area contributed by atoms with E-state index in [1.807, 2.05) is 31.2 Å². The van der Waals surface area contributed by atoms with Crippen LogP contribution in [0.15, 0.2) is 72.3 Å². The second kappa shape index (κ2) is 13.5. The predicted octanol–water partition coefficient (Wildman–Crippen LogP) is 5.10. The van der Waals surface area contributed by atoms with E-state index in [0.717, 1.165) is 31.0 Å². The molecule has 13 nitrogen and oxygen atoms in total. The SMILES string of the molecule is COc1cc(C2C3=CCC4C(=O)N(c5cccc(B(O)O)c5)C(=O)C4C3CC3C(=O)N(c4cc(-c5sc6ccc(Cl)cc6c5C)nn4C)C(=O)C32C)cc(OC)c1O. The molecule has 2 saturated heterocycles. The van der Waals surface area contributed by atoms with Gasteiger partial charge in [0.15, 0.2) is 11.5 Å². The van der Waals surface area contributed by atoms with Gasteiger partial charge in [-0.2, -0.15) is 5.10 Å². The average Bonchev–Trinajstić information content (AvgIpc) is 3.88. The molecule has 5 aromatic rings. The van der Waals surface area contributed by atoms with Gasteiger partial charge < -0.3 is 24.6 Å². The number of phenolic OH excluding ortho intramolecular Hbond substituents is 1. The Hall–Kier alpha value is -5.48. The largest absolute Gasteiger partial charge is 0.502 e. The molecule has 3 aromatic carbocycles. The molecule has 2 aromatic heterocycles. The first-order valence-electron chi connectivity index (χ1n) is 18.8. The summed E-state index contributed by atoms with van der Waals surface area (Å²) in [5, 5.41) is 37.0. The van der Waals surface area contributed by atoms with E-state index in [1.165, 1.54) is 47.3 Å². The molecule has 1 saturated carbocycles. The van der Waals surface area contributed by atoms with Crippen molar-refractivity contribution < 1.29 is 43.8 Å². The van der Waals surface area contributed by atoms with Gasteiger partial charge in [-0.05, 0) is 97.0 Å². The van der Waals surface area contributed by atoms with Crippen molar-refractivity contribution in [2.24, 2.45) is 36.1 Å². The lowest BCUT2D eigenvalue weighted by Gasteiger charge is -2.49. The Morgan fingerprint density at radius 2 is 1.66 bits per heavy atom. The number of nitrogens with zero attached hydrogens (tertiary/aromatic N) is 4. The molecule has 0 radical (unpaired) electrons. The molecule has 58 heavy (non-hydrogen) atoms. The number of carbonyl (C=O) groups excluding carboxylic acids is 4. The summed E-state index contributed by atoms with van der Waals surface area (Å²) in [6.45, 7) is 3.76. The molecular weight excluding hydrogens is 783 g/mol. The summed E-state index contributed by atoms with van der Waals surface area (Å²) in [5.74, 6) is -5.56. The first-order chi connectivity index (χ1) is 27.7. The summed E-state index contributed by atoms with van der Waals surface area (Å²) in [5.41, 5.74) is 1.75. The number of anilines is 2. The average molecular weight is 821 g/mol. The predicted molar refractivity (Wildman–Crippen MR) is 218 cm³/mol. The summed E-state index contributed by atoms with van der Waals surface area (Å²) in [6, 6.07) is 16.7. The quantitative estimate of drug-likeness (QED) is 0.114. The number of methoxy groups -OCH3 is 2. The topological polar surface area (TPSA) is 172 Å². The lowest BCUT2D eigenvalue weighted by molar-refractivity contribution is -0.131. The highest BCUT2D eigenvalue weighted by atomic mass is 35.5. The van der Waals surface area contributed by atoms with Crippen LogP contribution in [0.25, 0.3) is 20.7 Å². The number of halogens is 1. The first-order valence-corrected chi connectivity index (χ1v) is 20.0. The van der Waals surface area contributed by atoms with Crippen LogP contribution in [-0.4, -0.2) is 69.9 Å². The van der Waals surface area contributed by atoms with Gasteiger partial charge >= 0.3 is 7.12 Å². The normalized spacial score (nSPS) is 25.2. The number of aryl methyl sites for hydroxylation is 2. The summed E-state index contributed by atoms with van der Waals surface area (Å²) in [7, 11) is 2.68. The molecule has 9 rings (SSSR count). The van der Waals surface area contributed by atoms with Gasteiger partial charge in [-0.15, -0.1) is 11.3 Å². The van der Waals surface area contributed by atoms with Crippen LogP contribution in [0.5, 0.6) is 17.2 Å². The fourth-order valence-corrected chi connectivity index (χ4v) is 11.3. The van der Waals surface area contributed by atoms with Crippen molar-refractivity contribution in [3.05, 3.63) is 88.5 Å². The van der Waals surface area contributed by atoms with Crippen molar-refractivity contribution in [2.75, 3.05) is 24.0 Å². The molecule has 296 valence electrons. The molecule has 0 spiro atoms. The molecular formula is C42H38BClN4O9S. The van der Waals surface area contributed by atoms with Crippen LogP contribution in [-0.2, 0) is 26.2 Å². The Balaban J connectivity index is 1.17. The van der Waals surface area contributed by atoms with E-state index in [0.29, 0.717) is 16.3 Å². The number of thiophene rings is 1. The van der Waals surface area contributed by atoms with E-state index >= 15 is 9.59 Å². The third-order valence-electron chi connectivity index (χ3n) is 12.8. The van der Waals surface area contributed by atoms with Gasteiger partial charge in [-0.1, -0.05) is 35.4 Å². The zero-order chi connectivity index (χ0) is 41.1. The van der Waals surface area contributed by atoms with Gasteiger partial charge in [0.2, 0.25) is 29.4 Å². The first kappa shape index (κ1) is 38.1. The minimum Gasteiger partial charge on any atom is -0.502 e. The number of imide groups is 2. The van der Waals surface area contributed by atoms with Gasteiger partial charge in [-0.25, -0.2) is 4.90 Å². The van der Waals surface area contributed by atoms with E-state index in [9.17, 15) is 24.7 Å². The lowest BCUT2D eigenvalue weighted by Crippen LogP contribution is -2.49. The summed E-state index contributed by atoms with van der Waals surface area (Å²) < 4.78 is 13.7. The number of allylic oxidation sites excluding steroid dienone is 2. The Morgan fingerprint density at radius 3 is 2.34 bits per heavy atom. The molecule has 6 atom stereocenters. The van der Waals surface area contributed by atoms with E-state index < -0.39 is 65.8 Å². The second-order valence-corrected chi connectivity index (χ2v) is 17.1. The summed E-state index contributed by atoms with van der Waals surface area (Å²) >= 11 is 7.86. The van der Waals surface area contributed by atoms with E-state index in [4.69, 9.17) is 26.2 Å². The number of phenols is 1. The van der Waals surface area contributed by atoms with Crippen LogP contribution >= 0.6 is 22.9 Å². The van der Waals surface area contributed by atoms with Gasteiger partial charge in [0, 0.05) is 28.8 Å². The van der Waals surface area contributed by atoms with Crippen LogP contribution in [0.4, 0.5) is 11.5 Å². The highest BCUT2D eigenvalue weighted by Gasteiger charge is 2.68. The highest BCUT2D eigenvalue weighted by molar-refractivity contribution is 7.22. The maximum atomic E-state index is 15.3. The Bertz CT molecular complexity index is 2630. The standard InChI is InChI=1S/C42H38BClN4O9S/c1-19-26-16-22(44)9-12-32(26)58-37(19)29-18-33(46(3)45-29)48-39(51)28-17-27-24(35(42(28,2)41(48)53)20-13-30(56-4)36(49)31(14-20)57-5)10-11-25-34(27)40(52)47(38(25)50)23-8-6-7-21(15-23)43(54)55/h6-10,12-16,18,25,27-28,34-35,49,54-55H,11,17H2,1-5H3. The zero-order valence-corrected chi connectivity index (χ0v) is 33.7. The van der Waals surface area contributed by atoms with Crippen molar-refractivity contribution in [2.45, 2.75) is 32.6 Å². The summed E-state index contributed by atoms with van der Waals surface area (Å²) in [4.78, 5) is 62.1. The van der Waals surface area contributed by atoms with Crippen molar-refractivity contribution in [3.8, 4) is 27.8 Å². The molecule has 3 fully saturated rings. The van der Waals surface area contributed by atoms with Crippen molar-refractivity contribution in [1.82, 2.24) is 9.78 Å². The maximum absolute atomic E-state index is 15.3. The molecule has 16 heteroatoms. The molecule has 4 amide bonds. The number of ether oxygens (including phenoxy) is 2. The van der Waals surface area contributed by atoms with Gasteiger partial charge in [0.1, 0.15) is 11.5 Å². The maximum Gasteiger partial charge on any atom is 0.488 e. The van der Waals surface area contributed by atoms with Crippen LogP contribution in [0.3, 0.4) is 0 Å². The minimum absolute atomic E-state index is 0.0973. The van der Waals surface area contributed by atoms with Crippen molar-refractivity contribution in [1.29, 1.82) is 0 Å². The minimum atomic E-state index is -1.81. The molecule has 2 aliphatic heterocycles. The monoisotopic (exact) mass is 820 g/mol. The van der Waals surface area contributed by atoms with Crippen LogP contribution in [0.1, 0.15) is 36.8 Å². The molecule has 0 bridgehead atoms. The fraction of sp³-hybridized carbons (Fsp3) is 0.310. The molecule has 4 aliphatic rings. The number of fused-ring (bicyclic) bond motifs is 5. The van der Waals surface area contributed by atoms with Gasteiger partial charge in [-0.3, -0.25) is 28.8 Å². The van der Waals surface area contributed by atoms with Crippen LogP contribution in [0.2, 0.25) is 5.02 Å². The van der Waals surface area contributed by atoms with E-state index in [1.54, 1.807) is 44.3 Å². The van der Waals surface area contributed by atoms with Crippen LogP contribution < -0.4 is 24.7 Å². The highest BCUT2D eigenvalue weighted by Crippen LogP contribution is 2.64. The molecule has 4 heterocycles. The second-order valence-electron chi connectivity index (χ2n) is 15.6. The Morgan fingerprint density at radius 1 is 0.931 bits per heavy atom. The van der Waals surface area contributed by atoms with Crippen molar-refractivity contribution >= 4 is 80.7 Å². The zero-order valence-electron chi connectivity index (χ0n) is 32.1. The number of rotatable bonds is 7. The number of amides is 4. The third-order valence-corrected chi connectivity index (χ3v) is 14.3. The van der Waals surface area contributed by atoms with Crippen LogP contribution in [0, 0.1) is 36.0 Å². The van der Waals surface area contributed by atoms with Gasteiger partial charge in [0.05, 0.1) is 48.0 Å². The van der Waals surface area contributed by atoms with E-state index in [2.05, 4.69) is 0 Å². The number of aromatic nitrogens is 2. The number of carbonyl (C=O) groups is 4. The molecule has 6 unspecified atom stereocenters. The lowest BCUT2D eigenvalue weighted by atomic mass is 9.51. The number of aromatic hydroxyl groups is 1. The van der Waals surface area contributed by atoms with E-state index in [-0.39, 0.29) is 47.1 Å². The number of benzene rings is 3. The molecule has 2 aliphatic carbocycles. The fourth-order valence-electron chi connectivity index (χ4n) is 9.99. The molecule has 3 N–H and O–H groups in total. The Kier molecular flexibility index (Phi) is 8.89. The Labute approximate surface area is 342 Å². The summed E-state index contributed by atoms with van der Waals surface area (Å²) in [6.07, 6.45) is 2.22. The van der Waals surface area contributed by atoms with Crippen molar-refractivity contribution in [3.63, 3.8) is 0 Å². The smallest absolute Gasteiger partial charge is 0.488 e. The third kappa shape index (κ3) is 5.33. The van der Waals surface area contributed by atoms with Gasteiger partial charge in [0.25, 0.3) is 0 Å².